The van der Waals surface area contributed by atoms with Crippen LogP contribution in [0.15, 0.2) is 48.5 Å². The Kier molecular flexibility index (Phi) is 5.95. The third-order valence-corrected chi connectivity index (χ3v) is 4.77. The first-order valence-corrected chi connectivity index (χ1v) is 8.89. The van der Waals surface area contributed by atoms with Crippen molar-refractivity contribution in [1.82, 2.24) is 9.80 Å². The molecule has 0 bridgehead atoms. The summed E-state index contributed by atoms with van der Waals surface area (Å²) in [7, 11) is 1.64. The zero-order chi connectivity index (χ0) is 17.6. The van der Waals surface area contributed by atoms with Gasteiger partial charge in [0.25, 0.3) is 0 Å². The minimum atomic E-state index is 0.188. The molecule has 1 fully saturated rings. The van der Waals surface area contributed by atoms with Crippen LogP contribution in [0.2, 0.25) is 5.02 Å². The Bertz CT molecular complexity index is 710. The summed E-state index contributed by atoms with van der Waals surface area (Å²) in [4.78, 5) is 16.8. The van der Waals surface area contributed by atoms with Crippen molar-refractivity contribution in [2.45, 2.75) is 13.0 Å². The summed E-state index contributed by atoms with van der Waals surface area (Å²) < 4.78 is 5.15. The normalized spacial score (nSPS) is 15.2. The summed E-state index contributed by atoms with van der Waals surface area (Å²) in [5.74, 6) is 0.999. The number of ether oxygens (including phenoxy) is 1. The molecule has 1 aliphatic heterocycles. The van der Waals surface area contributed by atoms with Crippen molar-refractivity contribution in [3.63, 3.8) is 0 Å². The number of methoxy groups -OCH3 is 1. The largest absolute Gasteiger partial charge is 0.497 e. The molecule has 0 aliphatic carbocycles. The molecule has 5 heteroatoms. The highest BCUT2D eigenvalue weighted by molar-refractivity contribution is 6.30. The summed E-state index contributed by atoms with van der Waals surface area (Å²) in [6, 6.07) is 15.7. The maximum absolute atomic E-state index is 12.5. The number of rotatable bonds is 5. The lowest BCUT2D eigenvalue weighted by molar-refractivity contribution is -0.132. The maximum atomic E-state index is 12.5. The van der Waals surface area contributed by atoms with Crippen LogP contribution in [0.3, 0.4) is 0 Å². The van der Waals surface area contributed by atoms with Crippen LogP contribution in [0.4, 0.5) is 0 Å². The molecule has 0 N–H and O–H groups in total. The van der Waals surface area contributed by atoms with E-state index in [2.05, 4.69) is 11.0 Å². The number of benzene rings is 2. The minimum Gasteiger partial charge on any atom is -0.497 e. The van der Waals surface area contributed by atoms with E-state index in [1.807, 2.05) is 47.4 Å². The number of nitrogens with zero attached hydrogens (tertiary/aromatic N) is 2. The van der Waals surface area contributed by atoms with E-state index in [1.165, 1.54) is 5.56 Å². The molecule has 0 radical (unpaired) electrons. The molecule has 1 aliphatic rings. The monoisotopic (exact) mass is 358 g/mol. The highest BCUT2D eigenvalue weighted by atomic mass is 35.5. The Labute approximate surface area is 154 Å². The molecule has 25 heavy (non-hydrogen) atoms. The van der Waals surface area contributed by atoms with Gasteiger partial charge in [0, 0.05) is 37.7 Å². The number of carbonyl (C=O) groups is 1. The van der Waals surface area contributed by atoms with E-state index in [4.69, 9.17) is 16.3 Å². The topological polar surface area (TPSA) is 32.8 Å². The number of halogens is 1. The van der Waals surface area contributed by atoms with Gasteiger partial charge in [0.15, 0.2) is 0 Å². The number of carbonyl (C=O) groups excluding carboxylic acids is 1. The fourth-order valence-electron chi connectivity index (χ4n) is 3.08. The molecule has 132 valence electrons. The van der Waals surface area contributed by atoms with E-state index in [1.54, 1.807) is 7.11 Å². The summed E-state index contributed by atoms with van der Waals surface area (Å²) in [5, 5.41) is 0.769. The number of hydrogen-bond donors (Lipinski definition) is 0. The van der Waals surface area contributed by atoms with E-state index in [-0.39, 0.29) is 5.91 Å². The molecule has 4 nitrogen and oxygen atoms in total. The molecule has 0 saturated carbocycles. The van der Waals surface area contributed by atoms with Gasteiger partial charge >= 0.3 is 0 Å². The van der Waals surface area contributed by atoms with E-state index in [0.29, 0.717) is 6.42 Å². The third-order valence-electron chi connectivity index (χ3n) is 4.53. The van der Waals surface area contributed by atoms with E-state index in [0.717, 1.165) is 49.1 Å². The van der Waals surface area contributed by atoms with Gasteiger partial charge < -0.3 is 9.64 Å². The van der Waals surface area contributed by atoms with E-state index in [9.17, 15) is 4.79 Å². The number of hydrogen-bond acceptors (Lipinski definition) is 3. The van der Waals surface area contributed by atoms with Crippen molar-refractivity contribution < 1.29 is 9.53 Å². The van der Waals surface area contributed by atoms with Gasteiger partial charge in [-0.15, -0.1) is 0 Å². The number of piperazine rings is 1. The molecule has 3 rings (SSSR count). The molecule has 2 aromatic rings. The van der Waals surface area contributed by atoms with Crippen LogP contribution in [0.5, 0.6) is 5.75 Å². The quantitative estimate of drug-likeness (QED) is 0.822. The molecule has 1 amide bonds. The van der Waals surface area contributed by atoms with Crippen LogP contribution in [0.1, 0.15) is 11.1 Å². The average molecular weight is 359 g/mol. The second-order valence-corrected chi connectivity index (χ2v) is 6.75. The lowest BCUT2D eigenvalue weighted by Gasteiger charge is -2.35. The second-order valence-electron chi connectivity index (χ2n) is 6.31. The molecule has 1 heterocycles. The van der Waals surface area contributed by atoms with Gasteiger partial charge in [0.05, 0.1) is 13.5 Å². The standard InChI is InChI=1S/C20H23ClN2O2/c1-25-19-7-5-16(6-8-19)14-20(24)23-11-9-22(10-12-23)15-17-3-2-4-18(21)13-17/h2-8,13H,9-12,14-15H2,1H3. The predicted molar refractivity (Wildman–Crippen MR) is 100 cm³/mol. The summed E-state index contributed by atoms with van der Waals surface area (Å²) >= 11 is 6.04. The first kappa shape index (κ1) is 17.8. The fourth-order valence-corrected chi connectivity index (χ4v) is 3.29. The van der Waals surface area contributed by atoms with Crippen molar-refractivity contribution >= 4 is 17.5 Å². The SMILES string of the molecule is COc1ccc(CC(=O)N2CCN(Cc3cccc(Cl)c3)CC2)cc1. The van der Waals surface area contributed by atoms with Gasteiger partial charge in [0.1, 0.15) is 5.75 Å². The Morgan fingerprint density at radius 1 is 1.04 bits per heavy atom. The maximum Gasteiger partial charge on any atom is 0.227 e. The first-order chi connectivity index (χ1) is 12.1. The second kappa shape index (κ2) is 8.37. The molecule has 0 atom stereocenters. The van der Waals surface area contributed by atoms with Crippen molar-refractivity contribution in [1.29, 1.82) is 0 Å². The molecular weight excluding hydrogens is 336 g/mol. The molecular formula is C20H23ClN2O2. The lowest BCUT2D eigenvalue weighted by Crippen LogP contribution is -2.48. The zero-order valence-corrected chi connectivity index (χ0v) is 15.2. The molecule has 0 unspecified atom stereocenters. The third kappa shape index (κ3) is 4.97. The molecule has 1 saturated heterocycles. The minimum absolute atomic E-state index is 0.188. The molecule has 0 aromatic heterocycles. The van der Waals surface area contributed by atoms with Gasteiger partial charge in [-0.3, -0.25) is 9.69 Å². The van der Waals surface area contributed by atoms with Crippen molar-refractivity contribution in [2.75, 3.05) is 33.3 Å². The van der Waals surface area contributed by atoms with Crippen molar-refractivity contribution in [2.24, 2.45) is 0 Å². The van der Waals surface area contributed by atoms with Crippen molar-refractivity contribution in [3.8, 4) is 5.75 Å². The van der Waals surface area contributed by atoms with Crippen LogP contribution in [0.25, 0.3) is 0 Å². The molecule has 2 aromatic carbocycles. The summed E-state index contributed by atoms with van der Waals surface area (Å²) in [5.41, 5.74) is 2.23. The lowest BCUT2D eigenvalue weighted by atomic mass is 10.1. The van der Waals surface area contributed by atoms with Crippen LogP contribution in [-0.4, -0.2) is 49.0 Å². The van der Waals surface area contributed by atoms with Gasteiger partial charge in [-0.2, -0.15) is 0 Å². The smallest absolute Gasteiger partial charge is 0.227 e. The van der Waals surface area contributed by atoms with E-state index >= 15 is 0 Å². The highest BCUT2D eigenvalue weighted by Gasteiger charge is 2.21. The summed E-state index contributed by atoms with van der Waals surface area (Å²) in [6.45, 7) is 4.20. The van der Waals surface area contributed by atoms with Crippen molar-refractivity contribution in [3.05, 3.63) is 64.7 Å². The van der Waals surface area contributed by atoms with Gasteiger partial charge in [-0.05, 0) is 35.4 Å². The van der Waals surface area contributed by atoms with Gasteiger partial charge in [-0.25, -0.2) is 0 Å². The van der Waals surface area contributed by atoms with Gasteiger partial charge in [0.2, 0.25) is 5.91 Å². The highest BCUT2D eigenvalue weighted by Crippen LogP contribution is 2.15. The van der Waals surface area contributed by atoms with Gasteiger partial charge in [-0.1, -0.05) is 35.9 Å². The van der Waals surface area contributed by atoms with Crippen LogP contribution < -0.4 is 4.74 Å². The van der Waals surface area contributed by atoms with E-state index < -0.39 is 0 Å². The summed E-state index contributed by atoms with van der Waals surface area (Å²) in [6.07, 6.45) is 0.443. The predicted octanol–water partition coefficient (Wildman–Crippen LogP) is 3.24. The Morgan fingerprint density at radius 3 is 2.40 bits per heavy atom. The fraction of sp³-hybridized carbons (Fsp3) is 0.350. The number of amides is 1. The Balaban J connectivity index is 1.48. The first-order valence-electron chi connectivity index (χ1n) is 8.51. The average Bonchev–Trinajstić information content (AvgIpc) is 2.63. The zero-order valence-electron chi connectivity index (χ0n) is 14.5. The van der Waals surface area contributed by atoms with Crippen LogP contribution >= 0.6 is 11.6 Å². The molecule has 0 spiro atoms. The van der Waals surface area contributed by atoms with Crippen LogP contribution in [0, 0.1) is 0 Å². The van der Waals surface area contributed by atoms with Crippen LogP contribution in [-0.2, 0) is 17.8 Å². The Morgan fingerprint density at radius 2 is 1.76 bits per heavy atom. The Hall–Kier alpha value is -2.04.